The molecule has 1 rings (SSSR count). The van der Waals surface area contributed by atoms with Crippen LogP contribution >= 0.6 is 11.8 Å². The van der Waals surface area contributed by atoms with Crippen LogP contribution in [-0.4, -0.2) is 41.6 Å². The summed E-state index contributed by atoms with van der Waals surface area (Å²) in [5.41, 5.74) is -5.08. The summed E-state index contributed by atoms with van der Waals surface area (Å²) in [5.74, 6) is -6.33. The molecule has 0 aliphatic carbocycles. The number of ether oxygens (including phenoxy) is 1. The molecule has 0 unspecified atom stereocenters. The summed E-state index contributed by atoms with van der Waals surface area (Å²) in [6.45, 7) is 1.57. The van der Waals surface area contributed by atoms with Crippen LogP contribution in [0.1, 0.15) is 5.56 Å². The maximum Gasteiger partial charge on any atom is 0.490 e. The Bertz CT molecular complexity index is 751. The van der Waals surface area contributed by atoms with Crippen molar-refractivity contribution in [2.24, 2.45) is 4.99 Å². The van der Waals surface area contributed by atoms with Crippen molar-refractivity contribution in [3.63, 3.8) is 0 Å². The average molecular weight is 441 g/mol. The number of carbonyl (C=O) groups is 2. The van der Waals surface area contributed by atoms with Gasteiger partial charge in [0, 0.05) is 4.90 Å². The number of aryl methyl sites for hydroxylation is 1. The lowest BCUT2D eigenvalue weighted by molar-refractivity contribution is -0.199. The second-order valence-corrected chi connectivity index (χ2v) is 6.10. The Morgan fingerprint density at radius 1 is 0.893 bits per heavy atom. The van der Waals surface area contributed by atoms with Crippen molar-refractivity contribution in [1.29, 1.82) is 0 Å². The molecule has 0 aliphatic rings. The number of alkyl halides is 9. The quantitative estimate of drug-likeness (QED) is 0.225. The number of thioether (sulfide) groups is 1. The van der Waals surface area contributed by atoms with E-state index < -0.39 is 41.6 Å². The predicted molar refractivity (Wildman–Crippen MR) is 77.5 cm³/mol. The monoisotopic (exact) mass is 441 g/mol. The number of halogens is 9. The Labute approximate surface area is 154 Å². The molecule has 4 nitrogen and oxygen atoms in total. The van der Waals surface area contributed by atoms with E-state index in [9.17, 15) is 49.1 Å². The van der Waals surface area contributed by atoms with Gasteiger partial charge in [-0.25, -0.2) is 9.79 Å². The molecular weight excluding hydrogens is 433 g/mol. The molecule has 1 amide bonds. The number of hydrogen-bond donors (Lipinski definition) is 0. The first-order valence-electron chi connectivity index (χ1n) is 6.80. The fourth-order valence-corrected chi connectivity index (χ4v) is 2.44. The molecule has 0 saturated heterocycles. The number of rotatable bonds is 4. The fraction of sp³-hybridized carbons (Fsp3) is 0.357. The SMILES string of the molecule is Cc1ccc(S[C@@H](OC(=O)C(F)(F)F)C(=NC(=O)C(F)(F)F)C(F)(F)F)cc1. The number of benzene rings is 1. The second kappa shape index (κ2) is 8.41. The van der Waals surface area contributed by atoms with Gasteiger partial charge in [-0.1, -0.05) is 29.5 Å². The highest BCUT2D eigenvalue weighted by atomic mass is 32.2. The molecule has 0 bridgehead atoms. The zero-order valence-corrected chi connectivity index (χ0v) is 14.2. The maximum atomic E-state index is 13.1. The Morgan fingerprint density at radius 3 is 1.79 bits per heavy atom. The van der Waals surface area contributed by atoms with Crippen LogP contribution in [-0.2, 0) is 14.3 Å². The van der Waals surface area contributed by atoms with Crippen molar-refractivity contribution in [2.45, 2.75) is 35.8 Å². The lowest BCUT2D eigenvalue weighted by Crippen LogP contribution is -2.40. The lowest BCUT2D eigenvalue weighted by Gasteiger charge is -2.21. The van der Waals surface area contributed by atoms with E-state index in [-0.39, 0.29) is 16.7 Å². The van der Waals surface area contributed by atoms with Gasteiger partial charge in [-0.3, -0.25) is 4.79 Å². The molecule has 0 aromatic heterocycles. The van der Waals surface area contributed by atoms with Gasteiger partial charge in [0.1, 0.15) is 0 Å². The second-order valence-electron chi connectivity index (χ2n) is 4.96. The van der Waals surface area contributed by atoms with E-state index in [1.54, 1.807) is 6.92 Å². The largest absolute Gasteiger partial charge is 0.490 e. The van der Waals surface area contributed by atoms with Gasteiger partial charge in [-0.2, -0.15) is 39.5 Å². The predicted octanol–water partition coefficient (Wildman–Crippen LogP) is 4.61. The van der Waals surface area contributed by atoms with E-state index >= 15 is 0 Å². The molecule has 0 N–H and O–H groups in total. The normalized spacial score (nSPS) is 14.6. The molecule has 0 radical (unpaired) electrons. The maximum absolute atomic E-state index is 13.1. The van der Waals surface area contributed by atoms with Crippen molar-refractivity contribution in [3.05, 3.63) is 29.8 Å². The molecule has 0 fully saturated rings. The molecule has 28 heavy (non-hydrogen) atoms. The Morgan fingerprint density at radius 2 is 1.39 bits per heavy atom. The number of esters is 1. The summed E-state index contributed by atoms with van der Waals surface area (Å²) in [6, 6.07) is 4.90. The van der Waals surface area contributed by atoms with E-state index in [1.165, 1.54) is 12.1 Å². The van der Waals surface area contributed by atoms with Gasteiger partial charge >= 0.3 is 30.4 Å². The summed E-state index contributed by atoms with van der Waals surface area (Å²) < 4.78 is 117. The van der Waals surface area contributed by atoms with Gasteiger partial charge in [0.2, 0.25) is 0 Å². The van der Waals surface area contributed by atoms with Crippen LogP contribution in [0.2, 0.25) is 0 Å². The first kappa shape index (κ1) is 23.8. The standard InChI is InChI=1S/C14H8F9NO3S/c1-6-2-4-7(5-3-6)28-9(27-11(26)14(21,22)23)8(12(15,16)17)24-10(25)13(18,19)20/h2-5,9H,1H3/t9-/m1/s1. The fourth-order valence-electron chi connectivity index (χ4n) is 1.46. The van der Waals surface area contributed by atoms with Crippen LogP contribution in [0.25, 0.3) is 0 Å². The van der Waals surface area contributed by atoms with Crippen LogP contribution in [0.5, 0.6) is 0 Å². The molecule has 0 aliphatic heterocycles. The van der Waals surface area contributed by atoms with Crippen LogP contribution in [0.15, 0.2) is 34.2 Å². The van der Waals surface area contributed by atoms with E-state index in [0.717, 1.165) is 12.1 Å². The van der Waals surface area contributed by atoms with Gasteiger partial charge in [-0.05, 0) is 19.1 Å². The summed E-state index contributed by atoms with van der Waals surface area (Å²) in [6.07, 6.45) is -17.4. The molecule has 0 spiro atoms. The molecule has 14 heteroatoms. The Balaban J connectivity index is 3.41. The Kier molecular flexibility index (Phi) is 7.14. The van der Waals surface area contributed by atoms with Crippen molar-refractivity contribution in [2.75, 3.05) is 0 Å². The number of amides is 1. The minimum absolute atomic E-state index is 0.184. The molecule has 1 atom stereocenters. The highest BCUT2D eigenvalue weighted by molar-refractivity contribution is 8.00. The third-order valence-electron chi connectivity index (χ3n) is 2.69. The number of carbonyl (C=O) groups excluding carboxylic acids is 2. The Hall–Kier alpha value is -2.25. The van der Waals surface area contributed by atoms with Crippen LogP contribution in [0.4, 0.5) is 39.5 Å². The van der Waals surface area contributed by atoms with Gasteiger partial charge < -0.3 is 4.74 Å². The highest BCUT2D eigenvalue weighted by Crippen LogP contribution is 2.34. The smallest absolute Gasteiger partial charge is 0.438 e. The lowest BCUT2D eigenvalue weighted by atomic mass is 10.2. The zero-order valence-electron chi connectivity index (χ0n) is 13.4. The van der Waals surface area contributed by atoms with Gasteiger partial charge in [0.25, 0.3) is 0 Å². The van der Waals surface area contributed by atoms with Gasteiger partial charge in [0.05, 0.1) is 0 Å². The topological polar surface area (TPSA) is 55.7 Å². The van der Waals surface area contributed by atoms with Crippen molar-refractivity contribution in [1.82, 2.24) is 0 Å². The molecule has 0 heterocycles. The van der Waals surface area contributed by atoms with Crippen molar-refractivity contribution in [3.8, 4) is 0 Å². The third-order valence-corrected chi connectivity index (χ3v) is 3.77. The van der Waals surface area contributed by atoms with E-state index in [0.29, 0.717) is 5.56 Å². The van der Waals surface area contributed by atoms with E-state index in [1.807, 2.05) is 4.99 Å². The summed E-state index contributed by atoms with van der Waals surface area (Å²) in [5, 5.41) is 0. The number of aliphatic imine (C=N–C) groups is 1. The highest BCUT2D eigenvalue weighted by Gasteiger charge is 2.50. The first-order chi connectivity index (χ1) is 12.5. The van der Waals surface area contributed by atoms with E-state index in [2.05, 4.69) is 4.74 Å². The van der Waals surface area contributed by atoms with Crippen molar-refractivity contribution >= 4 is 29.4 Å². The third kappa shape index (κ3) is 7.05. The van der Waals surface area contributed by atoms with Gasteiger partial charge in [0.15, 0.2) is 11.1 Å². The first-order valence-corrected chi connectivity index (χ1v) is 7.68. The molecule has 1 aromatic rings. The summed E-state index contributed by atoms with van der Waals surface area (Å²) >= 11 is -0.184. The summed E-state index contributed by atoms with van der Waals surface area (Å²) in [4.78, 5) is 23.4. The molecule has 156 valence electrons. The molecule has 1 aromatic carbocycles. The van der Waals surface area contributed by atoms with Crippen molar-refractivity contribution < 1.29 is 53.8 Å². The van der Waals surface area contributed by atoms with E-state index in [4.69, 9.17) is 0 Å². The van der Waals surface area contributed by atoms with Crippen LogP contribution < -0.4 is 0 Å². The molecular formula is C14H8F9NO3S. The minimum Gasteiger partial charge on any atom is -0.438 e. The average Bonchev–Trinajstić information content (AvgIpc) is 2.50. The van der Waals surface area contributed by atoms with Crippen LogP contribution in [0, 0.1) is 6.92 Å². The number of hydrogen-bond acceptors (Lipinski definition) is 4. The summed E-state index contributed by atoms with van der Waals surface area (Å²) in [7, 11) is 0. The number of nitrogens with zero attached hydrogens (tertiary/aromatic N) is 1. The van der Waals surface area contributed by atoms with Gasteiger partial charge in [-0.15, -0.1) is 0 Å². The zero-order chi connectivity index (χ0) is 21.9. The van der Waals surface area contributed by atoms with Crippen LogP contribution in [0.3, 0.4) is 0 Å². The minimum atomic E-state index is -5.83. The molecule has 0 saturated carbocycles.